The van der Waals surface area contributed by atoms with Crippen molar-refractivity contribution in [2.24, 2.45) is 0 Å². The largest absolute Gasteiger partial charge is 0.310 e. The Balaban J connectivity index is 1.89. The van der Waals surface area contributed by atoms with E-state index in [4.69, 9.17) is 0 Å². The second kappa shape index (κ2) is 8.99. The van der Waals surface area contributed by atoms with Gasteiger partial charge in [-0.05, 0) is 34.1 Å². The number of hydrogen-bond donors (Lipinski definition) is 0. The van der Waals surface area contributed by atoms with Crippen LogP contribution in [0.5, 0.6) is 0 Å². The summed E-state index contributed by atoms with van der Waals surface area (Å²) >= 11 is 0. The Morgan fingerprint density at radius 1 is 0.462 bits per heavy atom. The van der Waals surface area contributed by atoms with Crippen molar-refractivity contribution in [1.29, 1.82) is 0 Å². The van der Waals surface area contributed by atoms with Gasteiger partial charge in [0.1, 0.15) is 7.14 Å². The summed E-state index contributed by atoms with van der Waals surface area (Å²) in [4.78, 5) is 0. The zero-order valence-electron chi connectivity index (χ0n) is 14.5. The van der Waals surface area contributed by atoms with Crippen LogP contribution in [0.15, 0.2) is 108 Å². The first-order chi connectivity index (χ1) is 12.7. The van der Waals surface area contributed by atoms with Crippen LogP contribution >= 0.6 is 7.14 Å². The normalized spacial score (nSPS) is 14.2. The highest BCUT2D eigenvalue weighted by Crippen LogP contribution is 2.52. The molecule has 0 aliphatic carbocycles. The number of hydrogen-bond acceptors (Lipinski definition) is 1. The summed E-state index contributed by atoms with van der Waals surface area (Å²) in [7, 11) is -2.76. The van der Waals surface area contributed by atoms with Crippen molar-refractivity contribution in [2.45, 2.75) is 0 Å². The first-order valence-electron chi connectivity index (χ1n) is 8.56. The maximum absolute atomic E-state index is 13.5. The third-order valence-corrected chi connectivity index (χ3v) is 5.74. The van der Waals surface area contributed by atoms with Crippen molar-refractivity contribution in [2.75, 3.05) is 0 Å². The molecule has 0 N–H and O–H groups in total. The molecular weight excluding hydrogens is 335 g/mol. The van der Waals surface area contributed by atoms with Crippen LogP contribution in [0.4, 0.5) is 0 Å². The molecule has 0 radical (unpaired) electrons. The van der Waals surface area contributed by atoms with Gasteiger partial charge in [0.2, 0.25) is 0 Å². The molecule has 1 nitrogen and oxygen atoms in total. The van der Waals surface area contributed by atoms with E-state index in [0.717, 1.165) is 16.7 Å². The highest BCUT2D eigenvalue weighted by atomic mass is 31.2. The standard InChI is InChI=1S/C24H21OP/c25-26(19-16-22-10-4-1-5-11-22,20-17-23-12-6-2-7-13-23)21-18-24-14-8-3-9-15-24/h1-21H. The maximum Gasteiger partial charge on any atom is 0.150 e. The minimum atomic E-state index is -2.76. The molecule has 0 aromatic heterocycles. The fourth-order valence-electron chi connectivity index (χ4n) is 2.45. The minimum absolute atomic E-state index is 1.04. The molecule has 0 aliphatic heterocycles. The van der Waals surface area contributed by atoms with Gasteiger partial charge in [0.05, 0.1) is 0 Å². The molecule has 0 amide bonds. The summed E-state index contributed by atoms with van der Waals surface area (Å²) in [5, 5.41) is 0. The van der Waals surface area contributed by atoms with Crippen molar-refractivity contribution in [3.8, 4) is 0 Å². The van der Waals surface area contributed by atoms with E-state index in [2.05, 4.69) is 0 Å². The van der Waals surface area contributed by atoms with E-state index in [1.807, 2.05) is 109 Å². The molecular formula is C24H21OP. The lowest BCUT2D eigenvalue weighted by Gasteiger charge is -2.04. The molecule has 3 aromatic carbocycles. The van der Waals surface area contributed by atoms with E-state index >= 15 is 0 Å². The Labute approximate surface area is 155 Å². The second-order valence-corrected chi connectivity index (χ2v) is 8.36. The molecule has 0 bridgehead atoms. The SMILES string of the molecule is O=P(C=Cc1ccccc1)(C=Cc1ccccc1)C=Cc1ccccc1. The third kappa shape index (κ3) is 5.58. The van der Waals surface area contributed by atoms with Crippen LogP contribution in [0.3, 0.4) is 0 Å². The van der Waals surface area contributed by atoms with Gasteiger partial charge >= 0.3 is 0 Å². The smallest absolute Gasteiger partial charge is 0.150 e. The van der Waals surface area contributed by atoms with Crippen molar-refractivity contribution < 1.29 is 4.57 Å². The Hall–Kier alpha value is -2.89. The first-order valence-corrected chi connectivity index (χ1v) is 10.5. The van der Waals surface area contributed by atoms with Gasteiger partial charge in [0.15, 0.2) is 0 Å². The molecule has 0 saturated heterocycles. The van der Waals surface area contributed by atoms with Crippen LogP contribution in [0.2, 0.25) is 0 Å². The van der Waals surface area contributed by atoms with Crippen LogP contribution in [0.1, 0.15) is 16.7 Å². The molecule has 3 rings (SSSR count). The van der Waals surface area contributed by atoms with Gasteiger partial charge in [-0.3, -0.25) is 0 Å². The maximum atomic E-state index is 13.5. The fourth-order valence-corrected chi connectivity index (χ4v) is 3.96. The van der Waals surface area contributed by atoms with Crippen molar-refractivity contribution in [1.82, 2.24) is 0 Å². The third-order valence-electron chi connectivity index (χ3n) is 3.90. The molecule has 0 unspecified atom stereocenters. The van der Waals surface area contributed by atoms with Crippen LogP contribution in [-0.4, -0.2) is 0 Å². The number of rotatable bonds is 6. The molecule has 0 spiro atoms. The van der Waals surface area contributed by atoms with Gasteiger partial charge in [0.25, 0.3) is 0 Å². The molecule has 26 heavy (non-hydrogen) atoms. The Morgan fingerprint density at radius 2 is 0.731 bits per heavy atom. The quantitative estimate of drug-likeness (QED) is 0.422. The minimum Gasteiger partial charge on any atom is -0.310 e. The topological polar surface area (TPSA) is 17.1 Å². The van der Waals surface area contributed by atoms with Gasteiger partial charge < -0.3 is 4.57 Å². The van der Waals surface area contributed by atoms with Gasteiger partial charge in [-0.25, -0.2) is 0 Å². The zero-order chi connectivity index (χ0) is 18.1. The highest BCUT2D eigenvalue weighted by molar-refractivity contribution is 7.73. The summed E-state index contributed by atoms with van der Waals surface area (Å²) in [5.74, 6) is 5.42. The summed E-state index contributed by atoms with van der Waals surface area (Å²) in [6.07, 6.45) is 5.77. The van der Waals surface area contributed by atoms with Gasteiger partial charge in [-0.15, -0.1) is 0 Å². The highest BCUT2D eigenvalue weighted by Gasteiger charge is 2.09. The molecule has 0 saturated carbocycles. The summed E-state index contributed by atoms with van der Waals surface area (Å²) in [6, 6.07) is 29.8. The second-order valence-electron chi connectivity index (χ2n) is 5.94. The van der Waals surface area contributed by atoms with E-state index in [0.29, 0.717) is 0 Å². The lowest BCUT2D eigenvalue weighted by Crippen LogP contribution is -1.74. The molecule has 3 aromatic rings. The van der Waals surface area contributed by atoms with E-state index in [9.17, 15) is 4.57 Å². The average molecular weight is 356 g/mol. The lowest BCUT2D eigenvalue weighted by molar-refractivity contribution is 0.591. The predicted octanol–water partition coefficient (Wildman–Crippen LogP) is 7.36. The average Bonchev–Trinajstić information content (AvgIpc) is 2.72. The zero-order valence-corrected chi connectivity index (χ0v) is 15.4. The monoisotopic (exact) mass is 356 g/mol. The molecule has 0 fully saturated rings. The molecule has 0 heterocycles. The van der Waals surface area contributed by atoms with Crippen LogP contribution in [-0.2, 0) is 4.57 Å². The number of benzene rings is 3. The van der Waals surface area contributed by atoms with Gasteiger partial charge in [0, 0.05) is 0 Å². The predicted molar refractivity (Wildman–Crippen MR) is 114 cm³/mol. The van der Waals surface area contributed by atoms with Crippen LogP contribution < -0.4 is 0 Å². The van der Waals surface area contributed by atoms with E-state index < -0.39 is 7.14 Å². The fraction of sp³-hybridized carbons (Fsp3) is 0. The Bertz CT molecular complexity index is 812. The first kappa shape index (κ1) is 17.9. The Morgan fingerprint density at radius 3 is 1.00 bits per heavy atom. The van der Waals surface area contributed by atoms with Gasteiger partial charge in [-0.2, -0.15) is 0 Å². The van der Waals surface area contributed by atoms with Crippen molar-refractivity contribution >= 4 is 25.4 Å². The Kier molecular flexibility index (Phi) is 6.19. The molecule has 2 heteroatoms. The lowest BCUT2D eigenvalue weighted by atomic mass is 10.2. The van der Waals surface area contributed by atoms with E-state index in [-0.39, 0.29) is 0 Å². The summed E-state index contributed by atoms with van der Waals surface area (Å²) < 4.78 is 13.5. The summed E-state index contributed by atoms with van der Waals surface area (Å²) in [6.45, 7) is 0. The van der Waals surface area contributed by atoms with Crippen molar-refractivity contribution in [3.63, 3.8) is 0 Å². The molecule has 0 aliphatic rings. The van der Waals surface area contributed by atoms with Crippen LogP contribution in [0, 0.1) is 0 Å². The van der Waals surface area contributed by atoms with E-state index in [1.54, 1.807) is 17.5 Å². The van der Waals surface area contributed by atoms with Crippen LogP contribution in [0.25, 0.3) is 18.2 Å². The van der Waals surface area contributed by atoms with Crippen molar-refractivity contribution in [3.05, 3.63) is 125 Å². The molecule has 128 valence electrons. The summed E-state index contributed by atoms with van der Waals surface area (Å²) in [5.41, 5.74) is 3.11. The van der Waals surface area contributed by atoms with E-state index in [1.165, 1.54) is 0 Å². The van der Waals surface area contributed by atoms with Gasteiger partial charge in [-0.1, -0.05) is 109 Å². The molecule has 0 atom stereocenters.